The fraction of sp³-hybridized carbons (Fsp3) is 0.818. The van der Waals surface area contributed by atoms with Crippen molar-refractivity contribution in [2.45, 2.75) is 104 Å². The fourth-order valence-corrected chi connectivity index (χ4v) is 11.0. The van der Waals surface area contributed by atoms with Crippen LogP contribution in [0.2, 0.25) is 36.3 Å². The molecule has 0 N–H and O–H groups in total. The Morgan fingerprint density at radius 1 is 1.08 bits per heavy atom. The topological polar surface area (TPSA) is 18.5 Å². The Morgan fingerprint density at radius 2 is 1.62 bits per heavy atom. The molecule has 2 nitrogen and oxygen atoms in total. The summed E-state index contributed by atoms with van der Waals surface area (Å²) in [6.07, 6.45) is 8.30. The lowest BCUT2D eigenvalue weighted by atomic mass is 9.89. The summed E-state index contributed by atoms with van der Waals surface area (Å²) in [7, 11) is -3.27. The molecule has 0 amide bonds. The van der Waals surface area contributed by atoms with E-state index in [-0.39, 0.29) is 0 Å². The molecule has 0 aliphatic heterocycles. The monoisotopic (exact) mass is 396 g/mol. The first-order valence-corrected chi connectivity index (χ1v) is 16.1. The third-order valence-corrected chi connectivity index (χ3v) is 12.7. The maximum Gasteiger partial charge on any atom is 0.241 e. The van der Waals surface area contributed by atoms with E-state index in [2.05, 4.69) is 80.3 Å². The summed E-state index contributed by atoms with van der Waals surface area (Å²) in [5.41, 5.74) is 3.37. The molecule has 0 spiro atoms. The molecule has 1 aliphatic rings. The van der Waals surface area contributed by atoms with Gasteiger partial charge in [0.15, 0.2) is 0 Å². The first-order chi connectivity index (χ1) is 11.9. The molecule has 1 rings (SSSR count). The van der Waals surface area contributed by atoms with Crippen LogP contribution in [0.15, 0.2) is 23.5 Å². The van der Waals surface area contributed by atoms with Crippen LogP contribution in [-0.2, 0) is 8.85 Å². The summed E-state index contributed by atoms with van der Waals surface area (Å²) < 4.78 is 13.0. The average Bonchev–Trinajstić information content (AvgIpc) is 2.48. The number of allylic oxidation sites excluding steroid dienone is 3. The van der Waals surface area contributed by atoms with Crippen molar-refractivity contribution in [3.05, 3.63) is 23.5 Å². The molecular weight excluding hydrogens is 352 g/mol. The smallest absolute Gasteiger partial charge is 0.241 e. The Balaban J connectivity index is 2.82. The standard InChI is InChI=1S/C22H44O2Si2/c1-17(2)26(18(3)4,19(5)6)23-15-14-20(7)21-12-11-13-22(16-21)24-25(8,9)10/h14,16-19,21H,11-13,15H2,1-10H3/b20-14+. The first kappa shape index (κ1) is 23.7. The van der Waals surface area contributed by atoms with Crippen LogP contribution >= 0.6 is 0 Å². The second kappa shape index (κ2) is 9.74. The molecule has 26 heavy (non-hydrogen) atoms. The van der Waals surface area contributed by atoms with Gasteiger partial charge in [-0.3, -0.25) is 0 Å². The van der Waals surface area contributed by atoms with Gasteiger partial charge in [-0.05, 0) is 62.1 Å². The van der Waals surface area contributed by atoms with Gasteiger partial charge in [0.05, 0.1) is 12.4 Å². The Morgan fingerprint density at radius 3 is 2.08 bits per heavy atom. The van der Waals surface area contributed by atoms with Crippen molar-refractivity contribution in [1.29, 1.82) is 0 Å². The van der Waals surface area contributed by atoms with Crippen LogP contribution in [0.5, 0.6) is 0 Å². The van der Waals surface area contributed by atoms with E-state index in [4.69, 9.17) is 8.85 Å². The van der Waals surface area contributed by atoms with Crippen LogP contribution in [0.3, 0.4) is 0 Å². The minimum Gasteiger partial charge on any atom is -0.548 e. The molecule has 0 saturated carbocycles. The first-order valence-electron chi connectivity index (χ1n) is 10.6. The highest BCUT2D eigenvalue weighted by Crippen LogP contribution is 2.42. The molecule has 0 aromatic rings. The van der Waals surface area contributed by atoms with Crippen molar-refractivity contribution in [2.24, 2.45) is 5.92 Å². The summed E-state index contributed by atoms with van der Waals surface area (Å²) >= 11 is 0. The quantitative estimate of drug-likeness (QED) is 0.294. The SMILES string of the molecule is C/C(=C\CO[Si](C(C)C)(C(C)C)C(C)C)C1C=C(O[Si](C)(C)C)CCC1. The van der Waals surface area contributed by atoms with Crippen molar-refractivity contribution in [3.63, 3.8) is 0 Å². The van der Waals surface area contributed by atoms with Gasteiger partial charge in [-0.2, -0.15) is 0 Å². The average molecular weight is 397 g/mol. The minimum absolute atomic E-state index is 0.520. The van der Waals surface area contributed by atoms with E-state index in [1.54, 1.807) is 0 Å². The number of rotatable bonds is 9. The maximum atomic E-state index is 6.70. The van der Waals surface area contributed by atoms with Gasteiger partial charge in [0.25, 0.3) is 0 Å². The van der Waals surface area contributed by atoms with Gasteiger partial charge in [0, 0.05) is 12.3 Å². The highest BCUT2D eigenvalue weighted by Gasteiger charge is 2.44. The lowest BCUT2D eigenvalue weighted by Gasteiger charge is -2.42. The zero-order valence-corrected chi connectivity index (χ0v) is 21.1. The summed E-state index contributed by atoms with van der Waals surface area (Å²) in [6, 6.07) is 0. The predicted molar refractivity (Wildman–Crippen MR) is 121 cm³/mol. The lowest BCUT2D eigenvalue weighted by Crippen LogP contribution is -2.47. The largest absolute Gasteiger partial charge is 0.548 e. The predicted octanol–water partition coefficient (Wildman–Crippen LogP) is 7.66. The van der Waals surface area contributed by atoms with Gasteiger partial charge >= 0.3 is 0 Å². The van der Waals surface area contributed by atoms with Crippen LogP contribution in [0.4, 0.5) is 0 Å². The van der Waals surface area contributed by atoms with Gasteiger partial charge in [-0.15, -0.1) is 0 Å². The highest BCUT2D eigenvalue weighted by atomic mass is 28.4. The van der Waals surface area contributed by atoms with Crippen LogP contribution in [0.25, 0.3) is 0 Å². The Labute approximate surface area is 165 Å². The molecule has 0 saturated heterocycles. The van der Waals surface area contributed by atoms with Gasteiger partial charge in [-0.1, -0.05) is 53.2 Å². The maximum absolute atomic E-state index is 6.70. The van der Waals surface area contributed by atoms with Crippen LogP contribution in [-0.4, -0.2) is 23.2 Å². The molecular formula is C22H44O2Si2. The molecule has 152 valence electrons. The second-order valence-electron chi connectivity index (χ2n) is 9.92. The zero-order chi connectivity index (χ0) is 20.1. The van der Waals surface area contributed by atoms with Crippen molar-refractivity contribution >= 4 is 16.6 Å². The van der Waals surface area contributed by atoms with Gasteiger partial charge in [0.2, 0.25) is 16.6 Å². The molecule has 1 unspecified atom stereocenters. The third kappa shape index (κ3) is 6.38. The van der Waals surface area contributed by atoms with Crippen molar-refractivity contribution in [1.82, 2.24) is 0 Å². The molecule has 0 bridgehead atoms. The van der Waals surface area contributed by atoms with E-state index in [9.17, 15) is 0 Å². The van der Waals surface area contributed by atoms with Gasteiger partial charge in [0.1, 0.15) is 0 Å². The van der Waals surface area contributed by atoms with Crippen molar-refractivity contribution < 1.29 is 8.85 Å². The van der Waals surface area contributed by atoms with Crippen molar-refractivity contribution in [2.75, 3.05) is 6.61 Å². The van der Waals surface area contributed by atoms with Gasteiger partial charge in [-0.25, -0.2) is 0 Å². The van der Waals surface area contributed by atoms with E-state index in [0.29, 0.717) is 22.5 Å². The normalized spacial score (nSPS) is 20.1. The van der Waals surface area contributed by atoms with E-state index in [1.807, 2.05) is 0 Å². The molecule has 0 heterocycles. The van der Waals surface area contributed by atoms with Crippen LogP contribution in [0.1, 0.15) is 67.7 Å². The van der Waals surface area contributed by atoms with Crippen LogP contribution < -0.4 is 0 Å². The van der Waals surface area contributed by atoms with E-state index >= 15 is 0 Å². The van der Waals surface area contributed by atoms with E-state index in [0.717, 1.165) is 13.0 Å². The zero-order valence-electron chi connectivity index (χ0n) is 19.1. The number of hydrogen-bond acceptors (Lipinski definition) is 2. The summed E-state index contributed by atoms with van der Waals surface area (Å²) in [6.45, 7) is 24.0. The third-order valence-electron chi connectivity index (χ3n) is 5.79. The number of hydrogen-bond donors (Lipinski definition) is 0. The molecule has 0 fully saturated rings. The Hall–Kier alpha value is -0.326. The molecule has 0 radical (unpaired) electrons. The molecule has 1 atom stereocenters. The fourth-order valence-electron chi connectivity index (χ4n) is 4.69. The summed E-state index contributed by atoms with van der Waals surface area (Å²) in [4.78, 5) is 0. The summed E-state index contributed by atoms with van der Waals surface area (Å²) in [5, 5.41) is 0. The van der Waals surface area contributed by atoms with Crippen molar-refractivity contribution in [3.8, 4) is 0 Å². The lowest BCUT2D eigenvalue weighted by molar-refractivity contribution is 0.314. The van der Waals surface area contributed by atoms with Crippen LogP contribution in [0, 0.1) is 5.92 Å². The van der Waals surface area contributed by atoms with E-state index < -0.39 is 16.6 Å². The van der Waals surface area contributed by atoms with Gasteiger partial charge < -0.3 is 8.85 Å². The molecule has 4 heteroatoms. The Kier molecular flexibility index (Phi) is 8.89. The summed E-state index contributed by atoms with van der Waals surface area (Å²) in [5.74, 6) is 1.75. The van der Waals surface area contributed by atoms with E-state index in [1.165, 1.54) is 24.2 Å². The molecule has 0 aromatic heterocycles. The highest BCUT2D eigenvalue weighted by molar-refractivity contribution is 6.77. The molecule has 1 aliphatic carbocycles. The second-order valence-corrected chi connectivity index (χ2v) is 19.8. The minimum atomic E-state index is -1.77. The molecule has 0 aromatic carbocycles. The Bertz CT molecular complexity index is 477.